The van der Waals surface area contributed by atoms with Gasteiger partial charge in [0.2, 0.25) is 0 Å². The molecule has 1 nitrogen and oxygen atoms in total. The van der Waals surface area contributed by atoms with Crippen LogP contribution in [-0.2, 0) is 0 Å². The fraction of sp³-hybridized carbons (Fsp3) is 1.00. The molecule has 0 aromatic rings. The minimum Gasteiger partial charge on any atom is -0.303 e. The van der Waals surface area contributed by atoms with Gasteiger partial charge < -0.3 is 4.90 Å². The van der Waals surface area contributed by atoms with Crippen LogP contribution in [0.1, 0.15) is 66.7 Å². The third-order valence-corrected chi connectivity index (χ3v) is 2.20. The third-order valence-electron chi connectivity index (χ3n) is 2.20. The van der Waals surface area contributed by atoms with E-state index in [2.05, 4.69) is 25.7 Å². The SMILES string of the molecule is CC.CCCCN(CCC)CCCC. The highest BCUT2D eigenvalue weighted by atomic mass is 15.1. The Morgan fingerprint density at radius 2 is 1.07 bits per heavy atom. The first-order valence-corrected chi connectivity index (χ1v) is 6.57. The van der Waals surface area contributed by atoms with E-state index < -0.39 is 0 Å². The molecule has 88 valence electrons. The van der Waals surface area contributed by atoms with Crippen LogP contribution in [0, 0.1) is 0 Å². The van der Waals surface area contributed by atoms with Crippen LogP contribution in [0.15, 0.2) is 0 Å². The van der Waals surface area contributed by atoms with Gasteiger partial charge >= 0.3 is 0 Å². The van der Waals surface area contributed by atoms with Crippen LogP contribution in [0.5, 0.6) is 0 Å². The van der Waals surface area contributed by atoms with E-state index in [1.54, 1.807) is 0 Å². The van der Waals surface area contributed by atoms with Crippen LogP contribution in [0.2, 0.25) is 0 Å². The zero-order valence-electron chi connectivity index (χ0n) is 11.1. The molecule has 0 radical (unpaired) electrons. The number of hydrogen-bond donors (Lipinski definition) is 0. The fourth-order valence-electron chi connectivity index (χ4n) is 1.42. The lowest BCUT2D eigenvalue weighted by molar-refractivity contribution is 0.266. The van der Waals surface area contributed by atoms with E-state index in [0.29, 0.717) is 0 Å². The minimum absolute atomic E-state index is 1.29. The molecule has 0 N–H and O–H groups in total. The van der Waals surface area contributed by atoms with Crippen molar-refractivity contribution < 1.29 is 0 Å². The molecule has 0 heterocycles. The van der Waals surface area contributed by atoms with Gasteiger partial charge in [-0.3, -0.25) is 0 Å². The van der Waals surface area contributed by atoms with Gasteiger partial charge in [-0.2, -0.15) is 0 Å². The zero-order valence-corrected chi connectivity index (χ0v) is 11.1. The van der Waals surface area contributed by atoms with E-state index in [0.717, 1.165) is 0 Å². The lowest BCUT2D eigenvalue weighted by Gasteiger charge is -2.20. The van der Waals surface area contributed by atoms with E-state index in [-0.39, 0.29) is 0 Å². The van der Waals surface area contributed by atoms with E-state index in [1.165, 1.54) is 51.7 Å². The van der Waals surface area contributed by atoms with Gasteiger partial charge in [0.15, 0.2) is 0 Å². The maximum atomic E-state index is 2.60. The summed E-state index contributed by atoms with van der Waals surface area (Å²) in [5, 5.41) is 0. The maximum absolute atomic E-state index is 2.60. The first-order chi connectivity index (χ1) is 6.85. The maximum Gasteiger partial charge on any atom is -0.00188 e. The first-order valence-electron chi connectivity index (χ1n) is 6.57. The van der Waals surface area contributed by atoms with Crippen molar-refractivity contribution in [3.63, 3.8) is 0 Å². The van der Waals surface area contributed by atoms with Crippen molar-refractivity contribution in [3.8, 4) is 0 Å². The molecule has 0 fully saturated rings. The van der Waals surface area contributed by atoms with Gasteiger partial charge in [0.25, 0.3) is 0 Å². The summed E-state index contributed by atoms with van der Waals surface area (Å²) in [5.41, 5.74) is 0. The Labute approximate surface area is 91.9 Å². The molecule has 0 aromatic heterocycles. The summed E-state index contributed by atoms with van der Waals surface area (Å²) < 4.78 is 0. The molecule has 0 bridgehead atoms. The van der Waals surface area contributed by atoms with Crippen LogP contribution in [0.3, 0.4) is 0 Å². The second kappa shape index (κ2) is 15.4. The van der Waals surface area contributed by atoms with Gasteiger partial charge in [-0.25, -0.2) is 0 Å². The second-order valence-electron chi connectivity index (χ2n) is 3.55. The number of unbranched alkanes of at least 4 members (excludes halogenated alkanes) is 2. The highest BCUT2D eigenvalue weighted by molar-refractivity contribution is 4.56. The average Bonchev–Trinajstić information content (AvgIpc) is 2.25. The topological polar surface area (TPSA) is 3.24 Å². The Hall–Kier alpha value is -0.0400. The van der Waals surface area contributed by atoms with Crippen LogP contribution in [0.25, 0.3) is 0 Å². The molecule has 0 rings (SSSR count). The molecule has 0 amide bonds. The minimum atomic E-state index is 1.29. The summed E-state index contributed by atoms with van der Waals surface area (Å²) in [5.74, 6) is 0. The zero-order chi connectivity index (χ0) is 11.2. The molecule has 1 heteroatoms. The monoisotopic (exact) mass is 201 g/mol. The fourth-order valence-corrected chi connectivity index (χ4v) is 1.42. The molecular weight excluding hydrogens is 170 g/mol. The molecular formula is C13H31N. The normalized spacial score (nSPS) is 9.86. The Morgan fingerprint density at radius 3 is 1.36 bits per heavy atom. The third kappa shape index (κ3) is 12.0. The highest BCUT2D eigenvalue weighted by Gasteiger charge is 2.00. The molecule has 0 spiro atoms. The molecule has 0 aliphatic rings. The quantitative estimate of drug-likeness (QED) is 0.565. The molecule has 0 atom stereocenters. The second-order valence-corrected chi connectivity index (χ2v) is 3.55. The molecule has 14 heavy (non-hydrogen) atoms. The van der Waals surface area contributed by atoms with Crippen LogP contribution in [-0.4, -0.2) is 24.5 Å². The van der Waals surface area contributed by atoms with Crippen LogP contribution >= 0.6 is 0 Å². The Bertz CT molecular complexity index is 73.3. The Morgan fingerprint density at radius 1 is 0.643 bits per heavy atom. The average molecular weight is 201 g/mol. The predicted octanol–water partition coefficient (Wildman–Crippen LogP) is 4.32. The lowest BCUT2D eigenvalue weighted by atomic mass is 10.2. The summed E-state index contributed by atoms with van der Waals surface area (Å²) in [4.78, 5) is 2.60. The number of hydrogen-bond acceptors (Lipinski definition) is 1. The van der Waals surface area contributed by atoms with Crippen molar-refractivity contribution in [2.45, 2.75) is 66.7 Å². The van der Waals surface area contributed by atoms with Crippen molar-refractivity contribution in [3.05, 3.63) is 0 Å². The molecule has 0 saturated carbocycles. The van der Waals surface area contributed by atoms with Crippen molar-refractivity contribution >= 4 is 0 Å². The summed E-state index contributed by atoms with van der Waals surface area (Å²) in [6, 6.07) is 0. The van der Waals surface area contributed by atoms with Gasteiger partial charge in [-0.05, 0) is 38.9 Å². The smallest absolute Gasteiger partial charge is 0.00188 e. The summed E-state index contributed by atoms with van der Waals surface area (Å²) in [6.45, 7) is 14.7. The molecule has 0 aromatic carbocycles. The molecule has 0 aliphatic heterocycles. The number of rotatable bonds is 8. The van der Waals surface area contributed by atoms with Crippen LogP contribution in [0.4, 0.5) is 0 Å². The van der Waals surface area contributed by atoms with Crippen molar-refractivity contribution in [1.29, 1.82) is 0 Å². The first kappa shape index (κ1) is 16.4. The van der Waals surface area contributed by atoms with Crippen molar-refractivity contribution in [1.82, 2.24) is 4.90 Å². The van der Waals surface area contributed by atoms with E-state index >= 15 is 0 Å². The molecule has 0 saturated heterocycles. The van der Waals surface area contributed by atoms with Crippen molar-refractivity contribution in [2.75, 3.05) is 19.6 Å². The van der Waals surface area contributed by atoms with Gasteiger partial charge in [-0.1, -0.05) is 47.5 Å². The van der Waals surface area contributed by atoms with Gasteiger partial charge in [0.05, 0.1) is 0 Å². The van der Waals surface area contributed by atoms with Gasteiger partial charge in [0.1, 0.15) is 0 Å². The van der Waals surface area contributed by atoms with Crippen molar-refractivity contribution in [2.24, 2.45) is 0 Å². The largest absolute Gasteiger partial charge is 0.303 e. The van der Waals surface area contributed by atoms with Crippen LogP contribution < -0.4 is 0 Å². The lowest BCUT2D eigenvalue weighted by Crippen LogP contribution is -2.26. The van der Waals surface area contributed by atoms with Gasteiger partial charge in [0, 0.05) is 0 Å². The molecule has 0 unspecified atom stereocenters. The van der Waals surface area contributed by atoms with E-state index in [9.17, 15) is 0 Å². The predicted molar refractivity (Wildman–Crippen MR) is 67.9 cm³/mol. The Balaban J connectivity index is 0. The standard InChI is InChI=1S/C11H25N.C2H6/c1-4-7-10-12(9-6-3)11-8-5-2;1-2/h4-11H2,1-3H3;1-2H3. The Kier molecular flexibility index (Phi) is 18.1. The molecule has 0 aliphatic carbocycles. The summed E-state index contributed by atoms with van der Waals surface area (Å²) >= 11 is 0. The summed E-state index contributed by atoms with van der Waals surface area (Å²) in [7, 11) is 0. The number of nitrogens with zero attached hydrogens (tertiary/aromatic N) is 1. The van der Waals surface area contributed by atoms with Gasteiger partial charge in [-0.15, -0.1) is 0 Å². The van der Waals surface area contributed by atoms with E-state index in [1.807, 2.05) is 13.8 Å². The highest BCUT2D eigenvalue weighted by Crippen LogP contribution is 1.99. The summed E-state index contributed by atoms with van der Waals surface area (Å²) in [6.07, 6.45) is 6.68. The van der Waals surface area contributed by atoms with E-state index in [4.69, 9.17) is 0 Å².